The maximum atomic E-state index is 13.0. The van der Waals surface area contributed by atoms with Crippen molar-refractivity contribution >= 4 is 27.7 Å². The molecule has 2 saturated carbocycles. The van der Waals surface area contributed by atoms with Crippen molar-refractivity contribution in [3.63, 3.8) is 0 Å². The zero-order valence-electron chi connectivity index (χ0n) is 19.3. The number of hydrogen-bond acceptors (Lipinski definition) is 6. The smallest absolute Gasteiger partial charge is 0.309 e. The summed E-state index contributed by atoms with van der Waals surface area (Å²) in [5.74, 6) is -0.834. The minimum Gasteiger partial charge on any atom is -0.455 e. The Morgan fingerprint density at radius 3 is 2.27 bits per heavy atom. The summed E-state index contributed by atoms with van der Waals surface area (Å²) in [7, 11) is -3.63. The lowest BCUT2D eigenvalue weighted by atomic mass is 9.67. The first-order valence-corrected chi connectivity index (χ1v) is 13.2. The van der Waals surface area contributed by atoms with E-state index in [1.807, 2.05) is 13.0 Å². The second-order valence-corrected chi connectivity index (χ2v) is 11.5. The minimum atomic E-state index is -3.63. The second-order valence-electron chi connectivity index (χ2n) is 9.56. The Morgan fingerprint density at radius 2 is 1.67 bits per heavy atom. The number of Topliss-reactive ketones (excluding diaryl/α,β-unsaturated/α-hetero) is 1. The molecule has 8 nitrogen and oxygen atoms in total. The number of ketones is 1. The van der Waals surface area contributed by atoms with Gasteiger partial charge in [-0.05, 0) is 51.2 Å². The molecule has 1 aromatic carbocycles. The molecule has 2 atom stereocenters. The summed E-state index contributed by atoms with van der Waals surface area (Å²) in [5.41, 5.74) is 1.70. The zero-order chi connectivity index (χ0) is 23.8. The van der Waals surface area contributed by atoms with Crippen LogP contribution in [-0.2, 0) is 29.1 Å². The van der Waals surface area contributed by atoms with Crippen LogP contribution < -0.4 is 0 Å². The van der Waals surface area contributed by atoms with Gasteiger partial charge in [0.1, 0.15) is 5.78 Å². The van der Waals surface area contributed by atoms with Gasteiger partial charge in [0.2, 0.25) is 10.0 Å². The van der Waals surface area contributed by atoms with Crippen molar-refractivity contribution in [2.75, 3.05) is 32.8 Å². The number of benzene rings is 1. The molecule has 4 rings (SSSR count). The monoisotopic (exact) mass is 476 g/mol. The van der Waals surface area contributed by atoms with E-state index in [0.29, 0.717) is 18.4 Å². The lowest BCUT2D eigenvalue weighted by Gasteiger charge is -2.36. The third kappa shape index (κ3) is 4.99. The lowest BCUT2D eigenvalue weighted by molar-refractivity contribution is -0.159. The molecule has 0 spiro atoms. The molecule has 1 heterocycles. The van der Waals surface area contributed by atoms with Crippen LogP contribution in [0.1, 0.15) is 43.2 Å². The fourth-order valence-corrected chi connectivity index (χ4v) is 7.05. The number of aryl methyl sites for hydroxylation is 2. The van der Waals surface area contributed by atoms with E-state index in [9.17, 15) is 22.8 Å². The molecule has 0 aromatic heterocycles. The van der Waals surface area contributed by atoms with E-state index in [1.165, 1.54) is 4.31 Å². The highest BCUT2D eigenvalue weighted by atomic mass is 32.2. The summed E-state index contributed by atoms with van der Waals surface area (Å²) in [6.45, 7) is 4.25. The molecule has 3 aliphatic rings. The number of sulfonamides is 1. The third-order valence-corrected chi connectivity index (χ3v) is 9.32. The molecule has 1 saturated heterocycles. The Labute approximate surface area is 195 Å². The van der Waals surface area contributed by atoms with Crippen LogP contribution in [-0.4, -0.2) is 68.1 Å². The van der Waals surface area contributed by atoms with Crippen LogP contribution in [0, 0.1) is 31.6 Å². The van der Waals surface area contributed by atoms with E-state index in [4.69, 9.17) is 4.74 Å². The number of rotatable bonds is 5. The van der Waals surface area contributed by atoms with E-state index >= 15 is 0 Å². The number of nitrogens with zero attached hydrogens (tertiary/aromatic N) is 2. The molecule has 2 bridgehead atoms. The summed E-state index contributed by atoms with van der Waals surface area (Å²) in [4.78, 5) is 39.1. The Morgan fingerprint density at radius 1 is 1.03 bits per heavy atom. The molecule has 1 amide bonds. The number of amides is 1. The normalized spacial score (nSPS) is 26.2. The summed E-state index contributed by atoms with van der Waals surface area (Å²) in [6.07, 6.45) is 3.77. The van der Waals surface area contributed by atoms with Gasteiger partial charge < -0.3 is 9.64 Å². The summed E-state index contributed by atoms with van der Waals surface area (Å²) < 4.78 is 32.8. The van der Waals surface area contributed by atoms with Gasteiger partial charge in [0.25, 0.3) is 5.91 Å². The van der Waals surface area contributed by atoms with Crippen molar-refractivity contribution in [1.29, 1.82) is 0 Å². The van der Waals surface area contributed by atoms with Gasteiger partial charge in [0.05, 0.1) is 10.8 Å². The number of fused-ring (bicyclic) bond motifs is 2. The van der Waals surface area contributed by atoms with Gasteiger partial charge in [-0.2, -0.15) is 4.31 Å². The van der Waals surface area contributed by atoms with E-state index < -0.39 is 16.0 Å². The Kier molecular flexibility index (Phi) is 6.91. The van der Waals surface area contributed by atoms with E-state index in [0.717, 1.165) is 24.8 Å². The summed E-state index contributed by atoms with van der Waals surface area (Å²) in [6, 6.07) is 5.25. The molecule has 180 valence electrons. The molecule has 3 fully saturated rings. The molecule has 1 aromatic rings. The van der Waals surface area contributed by atoms with E-state index in [1.54, 1.807) is 24.0 Å². The molecule has 1 aliphatic heterocycles. The molecule has 33 heavy (non-hydrogen) atoms. The van der Waals surface area contributed by atoms with Crippen LogP contribution in [0.3, 0.4) is 0 Å². The fourth-order valence-electron chi connectivity index (χ4n) is 5.42. The number of piperazine rings is 1. The molecule has 9 heteroatoms. The maximum absolute atomic E-state index is 13.0. The van der Waals surface area contributed by atoms with Crippen LogP contribution in [0.25, 0.3) is 0 Å². The highest BCUT2D eigenvalue weighted by Gasteiger charge is 2.42. The molecular formula is C24H32N2O6S. The second kappa shape index (κ2) is 9.54. The number of esters is 1. The van der Waals surface area contributed by atoms with Crippen LogP contribution in [0.4, 0.5) is 0 Å². The summed E-state index contributed by atoms with van der Waals surface area (Å²) >= 11 is 0. The van der Waals surface area contributed by atoms with Crippen molar-refractivity contribution in [1.82, 2.24) is 9.21 Å². The van der Waals surface area contributed by atoms with Gasteiger partial charge in [-0.25, -0.2) is 8.42 Å². The van der Waals surface area contributed by atoms with Crippen molar-refractivity contribution in [2.24, 2.45) is 17.8 Å². The van der Waals surface area contributed by atoms with Crippen LogP contribution in [0.5, 0.6) is 0 Å². The standard InChI is InChI=1S/C24H32N2O6S/c1-16-6-7-21(17(2)12-16)33(30,31)26-10-8-25(9-11-26)22(27)15-32-24(29)20-13-18-4-3-5-19(14-20)23(18)28/h6-7,12,18-20H,3-5,8-11,13-15H2,1-2H3. The van der Waals surface area contributed by atoms with Gasteiger partial charge in [-0.3, -0.25) is 14.4 Å². The first-order chi connectivity index (χ1) is 15.7. The molecule has 0 radical (unpaired) electrons. The van der Waals surface area contributed by atoms with Crippen LogP contribution in [0.2, 0.25) is 0 Å². The molecule has 2 unspecified atom stereocenters. The van der Waals surface area contributed by atoms with E-state index in [2.05, 4.69) is 0 Å². The summed E-state index contributed by atoms with van der Waals surface area (Å²) in [5, 5.41) is 0. The number of hydrogen-bond donors (Lipinski definition) is 0. The molecule has 0 N–H and O–H groups in total. The van der Waals surface area contributed by atoms with Gasteiger partial charge >= 0.3 is 5.97 Å². The van der Waals surface area contributed by atoms with Crippen molar-refractivity contribution < 1.29 is 27.5 Å². The largest absolute Gasteiger partial charge is 0.455 e. The molecule has 2 aliphatic carbocycles. The highest BCUT2D eigenvalue weighted by molar-refractivity contribution is 7.89. The predicted octanol–water partition coefficient (Wildman–Crippen LogP) is 2.07. The van der Waals surface area contributed by atoms with Crippen LogP contribution in [0.15, 0.2) is 23.1 Å². The highest BCUT2D eigenvalue weighted by Crippen LogP contribution is 2.40. The quantitative estimate of drug-likeness (QED) is 0.603. The van der Waals surface area contributed by atoms with Crippen LogP contribution >= 0.6 is 0 Å². The predicted molar refractivity (Wildman–Crippen MR) is 121 cm³/mol. The maximum Gasteiger partial charge on any atom is 0.309 e. The minimum absolute atomic E-state index is 0.0436. The lowest BCUT2D eigenvalue weighted by Crippen LogP contribution is -2.51. The Balaban J connectivity index is 1.27. The van der Waals surface area contributed by atoms with E-state index in [-0.39, 0.29) is 67.1 Å². The van der Waals surface area contributed by atoms with Gasteiger partial charge in [0.15, 0.2) is 6.61 Å². The van der Waals surface area contributed by atoms with Crippen molar-refractivity contribution in [3.05, 3.63) is 29.3 Å². The van der Waals surface area contributed by atoms with Crippen molar-refractivity contribution in [2.45, 2.75) is 50.8 Å². The van der Waals surface area contributed by atoms with Gasteiger partial charge in [-0.15, -0.1) is 0 Å². The third-order valence-electron chi connectivity index (χ3n) is 7.26. The number of carbonyl (C=O) groups is 3. The average molecular weight is 477 g/mol. The van der Waals surface area contributed by atoms with Gasteiger partial charge in [0, 0.05) is 38.0 Å². The van der Waals surface area contributed by atoms with Gasteiger partial charge in [-0.1, -0.05) is 24.1 Å². The average Bonchev–Trinajstić information content (AvgIpc) is 2.77. The molecular weight excluding hydrogens is 444 g/mol. The number of carbonyl (C=O) groups excluding carboxylic acids is 3. The first kappa shape index (κ1) is 23.9. The van der Waals surface area contributed by atoms with Crippen molar-refractivity contribution in [3.8, 4) is 0 Å². The Hall–Kier alpha value is -2.26. The Bertz CT molecular complexity index is 1030. The number of ether oxygens (including phenoxy) is 1. The topological polar surface area (TPSA) is 101 Å². The zero-order valence-corrected chi connectivity index (χ0v) is 20.1. The first-order valence-electron chi connectivity index (χ1n) is 11.7. The SMILES string of the molecule is Cc1ccc(S(=O)(=O)N2CCN(C(=O)COC(=O)C3CC4CCCC(C3)C4=O)CC2)c(C)c1. The fraction of sp³-hybridized carbons (Fsp3) is 0.625.